The summed E-state index contributed by atoms with van der Waals surface area (Å²) in [5.74, 6) is 0. The predicted octanol–water partition coefficient (Wildman–Crippen LogP) is 2.54. The van der Waals surface area contributed by atoms with E-state index in [0.717, 1.165) is 13.2 Å². The molecular weight excluding hydrogens is 224 g/mol. The van der Waals surface area contributed by atoms with Crippen LogP contribution < -0.4 is 5.73 Å². The van der Waals surface area contributed by atoms with E-state index in [1.165, 1.54) is 64.5 Å². The third kappa shape index (κ3) is 3.25. The molecule has 0 aromatic carbocycles. The summed E-state index contributed by atoms with van der Waals surface area (Å²) in [5.41, 5.74) is 6.42. The molecule has 18 heavy (non-hydrogen) atoms. The lowest BCUT2D eigenvalue weighted by Crippen LogP contribution is -2.53. The first kappa shape index (κ1) is 14.3. The molecule has 2 aliphatic rings. The van der Waals surface area contributed by atoms with Crippen molar-refractivity contribution in [3.8, 4) is 0 Å². The van der Waals surface area contributed by atoms with Crippen molar-refractivity contribution in [3.63, 3.8) is 0 Å². The number of rotatable bonds is 7. The van der Waals surface area contributed by atoms with Gasteiger partial charge in [0.25, 0.3) is 0 Å². The molecule has 1 heterocycles. The lowest BCUT2D eigenvalue weighted by atomic mass is 9.94. The second-order valence-electron chi connectivity index (χ2n) is 6.05. The fraction of sp³-hybridized carbons (Fsp3) is 1.00. The van der Waals surface area contributed by atoms with Gasteiger partial charge >= 0.3 is 0 Å². The Morgan fingerprint density at radius 1 is 1.22 bits per heavy atom. The van der Waals surface area contributed by atoms with E-state index in [-0.39, 0.29) is 0 Å². The van der Waals surface area contributed by atoms with Crippen LogP contribution in [-0.4, -0.2) is 42.8 Å². The third-order valence-electron chi connectivity index (χ3n) is 4.82. The zero-order chi connectivity index (χ0) is 12.8. The SMILES string of the molecule is CCCN(CCC1CCCO1)C1(CN)CCCC1. The first-order chi connectivity index (χ1) is 8.80. The molecule has 1 saturated carbocycles. The second kappa shape index (κ2) is 6.88. The summed E-state index contributed by atoms with van der Waals surface area (Å²) in [6.45, 7) is 6.46. The molecule has 106 valence electrons. The van der Waals surface area contributed by atoms with E-state index in [2.05, 4.69) is 11.8 Å². The summed E-state index contributed by atoms with van der Waals surface area (Å²) in [5, 5.41) is 0. The lowest BCUT2D eigenvalue weighted by molar-refractivity contribution is 0.0565. The van der Waals surface area contributed by atoms with Gasteiger partial charge < -0.3 is 10.5 Å². The van der Waals surface area contributed by atoms with Crippen molar-refractivity contribution in [1.82, 2.24) is 4.90 Å². The third-order valence-corrected chi connectivity index (χ3v) is 4.82. The minimum Gasteiger partial charge on any atom is -0.378 e. The summed E-state index contributed by atoms with van der Waals surface area (Å²) < 4.78 is 5.75. The van der Waals surface area contributed by atoms with E-state index in [0.29, 0.717) is 11.6 Å². The molecule has 2 rings (SSSR count). The molecule has 1 aliphatic heterocycles. The van der Waals surface area contributed by atoms with Crippen molar-refractivity contribution < 1.29 is 4.74 Å². The molecule has 0 spiro atoms. The number of nitrogens with two attached hydrogens (primary N) is 1. The number of hydrogen-bond acceptors (Lipinski definition) is 3. The van der Waals surface area contributed by atoms with Crippen LogP contribution in [0, 0.1) is 0 Å². The quantitative estimate of drug-likeness (QED) is 0.759. The van der Waals surface area contributed by atoms with E-state index in [4.69, 9.17) is 10.5 Å². The highest BCUT2D eigenvalue weighted by Gasteiger charge is 2.37. The summed E-state index contributed by atoms with van der Waals surface area (Å²) >= 11 is 0. The highest BCUT2D eigenvalue weighted by Crippen LogP contribution is 2.35. The van der Waals surface area contributed by atoms with Gasteiger partial charge in [0.2, 0.25) is 0 Å². The molecular formula is C15H30N2O. The Balaban J connectivity index is 1.89. The van der Waals surface area contributed by atoms with Gasteiger partial charge in [0.1, 0.15) is 0 Å². The molecule has 0 aromatic rings. The fourth-order valence-electron chi connectivity index (χ4n) is 3.71. The zero-order valence-electron chi connectivity index (χ0n) is 12.0. The minimum atomic E-state index is 0.314. The highest BCUT2D eigenvalue weighted by atomic mass is 16.5. The summed E-state index contributed by atoms with van der Waals surface area (Å²) in [4.78, 5) is 2.68. The molecule has 1 atom stereocenters. The first-order valence-corrected chi connectivity index (χ1v) is 7.87. The maximum absolute atomic E-state index is 6.11. The number of nitrogens with zero attached hydrogens (tertiary/aromatic N) is 1. The molecule has 2 N–H and O–H groups in total. The molecule has 0 aromatic heterocycles. The summed E-state index contributed by atoms with van der Waals surface area (Å²) in [6.07, 6.45) is 10.8. The minimum absolute atomic E-state index is 0.314. The number of hydrogen-bond donors (Lipinski definition) is 1. The standard InChI is InChI=1S/C15H30N2O/c1-2-10-17(11-7-14-6-5-12-18-14)15(13-16)8-3-4-9-15/h14H,2-13,16H2,1H3. The molecule has 0 radical (unpaired) electrons. The van der Waals surface area contributed by atoms with Crippen LogP contribution in [-0.2, 0) is 4.74 Å². The molecule has 1 unspecified atom stereocenters. The molecule has 3 heteroatoms. The van der Waals surface area contributed by atoms with Gasteiger partial charge in [-0.2, -0.15) is 0 Å². The van der Waals surface area contributed by atoms with E-state index in [1.54, 1.807) is 0 Å². The van der Waals surface area contributed by atoms with Crippen molar-refractivity contribution in [1.29, 1.82) is 0 Å². The van der Waals surface area contributed by atoms with Crippen LogP contribution in [0.3, 0.4) is 0 Å². The smallest absolute Gasteiger partial charge is 0.0588 e. The summed E-state index contributed by atoms with van der Waals surface area (Å²) in [7, 11) is 0. The van der Waals surface area contributed by atoms with Crippen molar-refractivity contribution in [2.75, 3.05) is 26.2 Å². The van der Waals surface area contributed by atoms with Crippen molar-refractivity contribution >= 4 is 0 Å². The monoisotopic (exact) mass is 254 g/mol. The Hall–Kier alpha value is -0.120. The maximum atomic E-state index is 6.11. The molecule has 3 nitrogen and oxygen atoms in total. The van der Waals surface area contributed by atoms with Gasteiger partial charge in [-0.25, -0.2) is 0 Å². The van der Waals surface area contributed by atoms with Crippen LogP contribution in [0.15, 0.2) is 0 Å². The molecule has 0 amide bonds. The molecule has 0 bridgehead atoms. The number of ether oxygens (including phenoxy) is 1. The Kier molecular flexibility index (Phi) is 5.46. The molecule has 1 aliphatic carbocycles. The van der Waals surface area contributed by atoms with Gasteiger partial charge in [-0.15, -0.1) is 0 Å². The molecule has 1 saturated heterocycles. The van der Waals surface area contributed by atoms with Gasteiger partial charge in [0.15, 0.2) is 0 Å². The van der Waals surface area contributed by atoms with E-state index in [9.17, 15) is 0 Å². The van der Waals surface area contributed by atoms with Crippen LogP contribution in [0.1, 0.15) is 58.3 Å². The van der Waals surface area contributed by atoms with Crippen LogP contribution in [0.25, 0.3) is 0 Å². The van der Waals surface area contributed by atoms with E-state index >= 15 is 0 Å². The van der Waals surface area contributed by atoms with Gasteiger partial charge in [-0.1, -0.05) is 19.8 Å². The average molecular weight is 254 g/mol. The second-order valence-corrected chi connectivity index (χ2v) is 6.05. The van der Waals surface area contributed by atoms with Gasteiger partial charge in [0, 0.05) is 25.2 Å². The summed E-state index contributed by atoms with van der Waals surface area (Å²) in [6, 6.07) is 0. The van der Waals surface area contributed by atoms with Crippen LogP contribution >= 0.6 is 0 Å². The van der Waals surface area contributed by atoms with Crippen molar-refractivity contribution in [3.05, 3.63) is 0 Å². The molecule has 2 fully saturated rings. The van der Waals surface area contributed by atoms with E-state index in [1.807, 2.05) is 0 Å². The first-order valence-electron chi connectivity index (χ1n) is 7.87. The normalized spacial score (nSPS) is 27.2. The van der Waals surface area contributed by atoms with Crippen molar-refractivity contribution in [2.45, 2.75) is 69.9 Å². The average Bonchev–Trinajstić information content (AvgIpc) is 3.06. The fourth-order valence-corrected chi connectivity index (χ4v) is 3.71. The van der Waals surface area contributed by atoms with Crippen LogP contribution in [0.2, 0.25) is 0 Å². The Morgan fingerprint density at radius 3 is 2.56 bits per heavy atom. The largest absolute Gasteiger partial charge is 0.378 e. The van der Waals surface area contributed by atoms with Gasteiger partial charge in [-0.3, -0.25) is 4.90 Å². The Morgan fingerprint density at radius 2 is 2.00 bits per heavy atom. The van der Waals surface area contributed by atoms with Crippen molar-refractivity contribution in [2.24, 2.45) is 5.73 Å². The predicted molar refractivity (Wildman–Crippen MR) is 75.7 cm³/mol. The Labute approximate surface area is 112 Å². The topological polar surface area (TPSA) is 38.5 Å². The van der Waals surface area contributed by atoms with E-state index < -0.39 is 0 Å². The van der Waals surface area contributed by atoms with Crippen LogP contribution in [0.4, 0.5) is 0 Å². The zero-order valence-corrected chi connectivity index (χ0v) is 12.0. The lowest BCUT2D eigenvalue weighted by Gasteiger charge is -2.41. The van der Waals surface area contributed by atoms with Crippen LogP contribution in [0.5, 0.6) is 0 Å². The Bertz CT molecular complexity index is 233. The van der Waals surface area contributed by atoms with Gasteiger partial charge in [0.05, 0.1) is 6.10 Å². The van der Waals surface area contributed by atoms with Gasteiger partial charge in [-0.05, 0) is 45.1 Å². The maximum Gasteiger partial charge on any atom is 0.0588 e. The highest BCUT2D eigenvalue weighted by molar-refractivity contribution is 4.96.